The number of ether oxygens (including phenoxy) is 2. The maximum atomic E-state index is 12.2. The van der Waals surface area contributed by atoms with Crippen LogP contribution in [0.15, 0.2) is 58.3 Å². The van der Waals surface area contributed by atoms with Gasteiger partial charge in [0.25, 0.3) is 5.91 Å². The van der Waals surface area contributed by atoms with E-state index in [-0.39, 0.29) is 31.3 Å². The molecule has 0 spiro atoms. The highest BCUT2D eigenvalue weighted by Crippen LogP contribution is 2.47. The van der Waals surface area contributed by atoms with E-state index in [1.54, 1.807) is 18.7 Å². The van der Waals surface area contributed by atoms with Crippen molar-refractivity contribution in [3.63, 3.8) is 0 Å². The second kappa shape index (κ2) is 11.4. The van der Waals surface area contributed by atoms with Crippen molar-refractivity contribution < 1.29 is 23.9 Å². The highest BCUT2D eigenvalue weighted by atomic mass is 32.2. The SMILES string of the molecule is CCOC(=O)CCCNC(=O)COC(=O)CCN1c2ccccc2Sc2ccccc21. The van der Waals surface area contributed by atoms with Crippen molar-refractivity contribution in [1.29, 1.82) is 0 Å². The molecule has 1 N–H and O–H groups in total. The number of amides is 1. The molecule has 0 bridgehead atoms. The first kappa shape index (κ1) is 22.7. The predicted octanol–water partition coefficient (Wildman–Crippen LogP) is 3.68. The number of nitrogens with one attached hydrogen (secondary N) is 1. The van der Waals surface area contributed by atoms with Crippen molar-refractivity contribution in [3.8, 4) is 0 Å². The summed E-state index contributed by atoms with van der Waals surface area (Å²) in [5, 5.41) is 2.63. The Bertz CT molecular complexity index is 888. The third-order valence-corrected chi connectivity index (χ3v) is 5.75. The summed E-state index contributed by atoms with van der Waals surface area (Å²) in [6, 6.07) is 16.1. The van der Waals surface area contributed by atoms with Crippen LogP contribution in [-0.4, -0.2) is 44.1 Å². The first-order valence-electron chi connectivity index (χ1n) is 10.3. The van der Waals surface area contributed by atoms with Crippen LogP contribution in [0.1, 0.15) is 26.2 Å². The second-order valence-corrected chi connectivity index (χ2v) is 7.94. The van der Waals surface area contributed by atoms with Gasteiger partial charge in [-0.15, -0.1) is 0 Å². The number of fused-ring (bicyclic) bond motifs is 2. The molecule has 1 aliphatic rings. The quantitative estimate of drug-likeness (QED) is 0.444. The third-order valence-electron chi connectivity index (χ3n) is 4.62. The lowest BCUT2D eigenvalue weighted by Gasteiger charge is -2.32. The van der Waals surface area contributed by atoms with E-state index in [0.717, 1.165) is 21.2 Å². The topological polar surface area (TPSA) is 84.9 Å². The number of hydrogen-bond acceptors (Lipinski definition) is 7. The number of benzene rings is 2. The van der Waals surface area contributed by atoms with Gasteiger partial charge in [-0.1, -0.05) is 36.0 Å². The highest BCUT2D eigenvalue weighted by Gasteiger charge is 2.23. The van der Waals surface area contributed by atoms with Crippen molar-refractivity contribution in [2.24, 2.45) is 0 Å². The summed E-state index contributed by atoms with van der Waals surface area (Å²) >= 11 is 1.71. The van der Waals surface area contributed by atoms with Gasteiger partial charge in [-0.05, 0) is 37.6 Å². The summed E-state index contributed by atoms with van der Waals surface area (Å²) < 4.78 is 9.94. The van der Waals surface area contributed by atoms with Crippen molar-refractivity contribution in [1.82, 2.24) is 5.32 Å². The third kappa shape index (κ3) is 6.49. The number of hydrogen-bond donors (Lipinski definition) is 1. The predicted molar refractivity (Wildman–Crippen MR) is 118 cm³/mol. The smallest absolute Gasteiger partial charge is 0.308 e. The molecule has 0 saturated heterocycles. The number of carbonyl (C=O) groups excluding carboxylic acids is 3. The molecule has 0 unspecified atom stereocenters. The number of esters is 2. The number of para-hydroxylation sites is 2. The van der Waals surface area contributed by atoms with Crippen LogP contribution in [0.25, 0.3) is 0 Å². The van der Waals surface area contributed by atoms with Crippen LogP contribution in [-0.2, 0) is 23.9 Å². The van der Waals surface area contributed by atoms with Gasteiger partial charge in [0.05, 0.1) is 24.4 Å². The molecule has 0 atom stereocenters. The minimum Gasteiger partial charge on any atom is -0.466 e. The standard InChI is InChI=1S/C23H26N2O5S/c1-2-29-22(27)12-7-14-24-21(26)16-30-23(28)13-15-25-17-8-3-5-10-19(17)31-20-11-6-4-9-18(20)25/h3-6,8-11H,2,7,12-16H2,1H3,(H,24,26). The van der Waals surface area contributed by atoms with Crippen LogP contribution in [0.4, 0.5) is 11.4 Å². The largest absolute Gasteiger partial charge is 0.466 e. The first-order chi connectivity index (χ1) is 15.1. The lowest BCUT2D eigenvalue weighted by molar-refractivity contribution is -0.148. The average Bonchev–Trinajstić information content (AvgIpc) is 2.78. The van der Waals surface area contributed by atoms with Crippen molar-refractivity contribution >= 4 is 41.0 Å². The van der Waals surface area contributed by atoms with Gasteiger partial charge in [0.15, 0.2) is 6.61 Å². The van der Waals surface area contributed by atoms with E-state index >= 15 is 0 Å². The molecule has 0 aromatic heterocycles. The van der Waals surface area contributed by atoms with Crippen LogP contribution in [0.5, 0.6) is 0 Å². The molecule has 8 heteroatoms. The molecule has 0 fully saturated rings. The number of anilines is 2. The summed E-state index contributed by atoms with van der Waals surface area (Å²) in [5.74, 6) is -1.11. The van der Waals surface area contributed by atoms with E-state index in [9.17, 15) is 14.4 Å². The van der Waals surface area contributed by atoms with E-state index in [1.165, 1.54) is 0 Å². The van der Waals surface area contributed by atoms with E-state index in [4.69, 9.17) is 9.47 Å². The Morgan fingerprint density at radius 2 is 1.52 bits per heavy atom. The van der Waals surface area contributed by atoms with Crippen LogP contribution in [0.2, 0.25) is 0 Å². The van der Waals surface area contributed by atoms with Crippen molar-refractivity contribution in [2.45, 2.75) is 36.0 Å². The van der Waals surface area contributed by atoms with E-state index in [2.05, 4.69) is 22.3 Å². The zero-order valence-corrected chi connectivity index (χ0v) is 18.3. The molecule has 31 heavy (non-hydrogen) atoms. The summed E-state index contributed by atoms with van der Waals surface area (Å²) in [6.45, 7) is 2.54. The fourth-order valence-corrected chi connectivity index (χ4v) is 4.28. The van der Waals surface area contributed by atoms with Gasteiger partial charge in [-0.2, -0.15) is 0 Å². The zero-order valence-electron chi connectivity index (χ0n) is 17.5. The molecular weight excluding hydrogens is 416 g/mol. The Morgan fingerprint density at radius 3 is 2.16 bits per heavy atom. The maximum Gasteiger partial charge on any atom is 0.308 e. The lowest BCUT2D eigenvalue weighted by Crippen LogP contribution is -2.31. The average molecular weight is 443 g/mol. The van der Waals surface area contributed by atoms with Gasteiger partial charge in [-0.3, -0.25) is 14.4 Å². The summed E-state index contributed by atoms with van der Waals surface area (Å²) in [5.41, 5.74) is 2.11. The Morgan fingerprint density at radius 1 is 0.903 bits per heavy atom. The zero-order chi connectivity index (χ0) is 22.1. The minimum atomic E-state index is -0.435. The molecule has 7 nitrogen and oxygen atoms in total. The number of nitrogens with zero attached hydrogens (tertiary/aromatic N) is 1. The molecule has 1 amide bonds. The van der Waals surface area contributed by atoms with Crippen LogP contribution in [0.3, 0.4) is 0 Å². The molecular formula is C23H26N2O5S. The van der Waals surface area contributed by atoms with Crippen LogP contribution < -0.4 is 10.2 Å². The second-order valence-electron chi connectivity index (χ2n) is 6.86. The molecule has 164 valence electrons. The first-order valence-corrected chi connectivity index (χ1v) is 11.1. The summed E-state index contributed by atoms with van der Waals surface area (Å²) in [6.07, 6.45) is 0.874. The van der Waals surface area contributed by atoms with Crippen LogP contribution >= 0.6 is 11.8 Å². The van der Waals surface area contributed by atoms with E-state index in [0.29, 0.717) is 26.1 Å². The Labute approximate surface area is 186 Å². The number of rotatable bonds is 10. The van der Waals surface area contributed by atoms with Gasteiger partial charge in [0.2, 0.25) is 0 Å². The molecule has 1 heterocycles. The molecule has 0 saturated carbocycles. The minimum absolute atomic E-state index is 0.156. The molecule has 2 aromatic rings. The Hall–Kier alpha value is -3.00. The van der Waals surface area contributed by atoms with Crippen LogP contribution in [0, 0.1) is 0 Å². The Kier molecular flexibility index (Phi) is 8.35. The van der Waals surface area contributed by atoms with Crippen molar-refractivity contribution in [2.75, 3.05) is 31.2 Å². The van der Waals surface area contributed by atoms with Crippen molar-refractivity contribution in [3.05, 3.63) is 48.5 Å². The molecule has 3 rings (SSSR count). The van der Waals surface area contributed by atoms with Gasteiger partial charge < -0.3 is 19.7 Å². The monoisotopic (exact) mass is 442 g/mol. The Balaban J connectivity index is 1.44. The summed E-state index contributed by atoms with van der Waals surface area (Å²) in [4.78, 5) is 39.7. The van der Waals surface area contributed by atoms with Gasteiger partial charge in [-0.25, -0.2) is 0 Å². The van der Waals surface area contributed by atoms with Gasteiger partial charge in [0.1, 0.15) is 0 Å². The summed E-state index contributed by atoms with van der Waals surface area (Å²) in [7, 11) is 0. The van der Waals surface area contributed by atoms with Gasteiger partial charge in [0, 0.05) is 29.3 Å². The van der Waals surface area contributed by atoms with Gasteiger partial charge >= 0.3 is 11.9 Å². The number of carbonyl (C=O) groups is 3. The highest BCUT2D eigenvalue weighted by molar-refractivity contribution is 7.99. The lowest BCUT2D eigenvalue weighted by atomic mass is 10.2. The fourth-order valence-electron chi connectivity index (χ4n) is 3.19. The molecule has 2 aromatic carbocycles. The normalized spacial score (nSPS) is 11.8. The molecule has 0 aliphatic carbocycles. The fraction of sp³-hybridized carbons (Fsp3) is 0.348. The maximum absolute atomic E-state index is 12.2. The van der Waals surface area contributed by atoms with E-state index in [1.807, 2.05) is 36.4 Å². The molecule has 1 aliphatic heterocycles. The molecule has 0 radical (unpaired) electrons. The van der Waals surface area contributed by atoms with E-state index < -0.39 is 5.97 Å².